The van der Waals surface area contributed by atoms with E-state index in [-0.39, 0.29) is 0 Å². The fourth-order valence-electron chi connectivity index (χ4n) is 1.85. The Bertz CT molecular complexity index is 567. The highest BCUT2D eigenvalue weighted by Gasteiger charge is 2.16. The quantitative estimate of drug-likeness (QED) is 0.911. The highest BCUT2D eigenvalue weighted by atomic mass is 35.5. The van der Waals surface area contributed by atoms with Gasteiger partial charge in [-0.25, -0.2) is 0 Å². The van der Waals surface area contributed by atoms with Gasteiger partial charge in [-0.05, 0) is 31.2 Å². The lowest BCUT2D eigenvalue weighted by molar-refractivity contribution is 0.190. The van der Waals surface area contributed by atoms with Gasteiger partial charge in [0, 0.05) is 0 Å². The third-order valence-electron chi connectivity index (χ3n) is 2.72. The second kappa shape index (κ2) is 5.95. The minimum absolute atomic E-state index is 0.516. The van der Waals surface area contributed by atoms with Gasteiger partial charge in [0.05, 0.1) is 23.8 Å². The summed E-state index contributed by atoms with van der Waals surface area (Å²) in [5.74, 6) is 1.65. The third kappa shape index (κ3) is 3.00. The average molecular weight is 279 g/mol. The van der Waals surface area contributed by atoms with Crippen LogP contribution in [0.25, 0.3) is 0 Å². The van der Waals surface area contributed by atoms with E-state index in [2.05, 4.69) is 0 Å². The molecule has 0 amide bonds. The lowest BCUT2D eigenvalue weighted by atomic mass is 10.1. The number of para-hydroxylation sites is 1. The van der Waals surface area contributed by atoms with Crippen LogP contribution >= 0.6 is 11.6 Å². The van der Waals surface area contributed by atoms with Crippen molar-refractivity contribution in [3.63, 3.8) is 0 Å². The summed E-state index contributed by atoms with van der Waals surface area (Å²) >= 11 is 6.06. The number of hydrogen-bond donors (Lipinski definition) is 1. The highest BCUT2D eigenvalue weighted by Crippen LogP contribution is 2.38. The van der Waals surface area contributed by atoms with E-state index in [1.54, 1.807) is 44.4 Å². The number of ether oxygens (including phenoxy) is 2. The molecule has 0 saturated heterocycles. The number of hydrogen-bond acceptors (Lipinski definition) is 3. The number of halogens is 1. The van der Waals surface area contributed by atoms with Gasteiger partial charge in [-0.3, -0.25) is 0 Å². The van der Waals surface area contributed by atoms with Gasteiger partial charge < -0.3 is 14.6 Å². The topological polar surface area (TPSA) is 38.7 Å². The highest BCUT2D eigenvalue weighted by molar-refractivity contribution is 6.32. The Labute approximate surface area is 117 Å². The molecule has 4 heteroatoms. The fraction of sp³-hybridized carbons (Fsp3) is 0.200. The number of rotatable bonds is 4. The van der Waals surface area contributed by atoms with Crippen LogP contribution in [0.1, 0.15) is 18.6 Å². The molecular weight excluding hydrogens is 264 g/mol. The lowest BCUT2D eigenvalue weighted by Gasteiger charge is -2.16. The second-order valence-corrected chi connectivity index (χ2v) is 4.49. The number of aliphatic hydroxyl groups is 1. The predicted octanol–water partition coefficient (Wildman–Crippen LogP) is 4.19. The normalized spacial score (nSPS) is 12.0. The standard InChI is InChI=1S/C15H15ClO3/c1-10(17)15-13(18-2)8-5-9-14(15)19-12-7-4-3-6-11(12)16/h3-10,17H,1-2H3/t10-/m1/s1. The van der Waals surface area contributed by atoms with Crippen LogP contribution in [0.5, 0.6) is 17.2 Å². The zero-order valence-corrected chi connectivity index (χ0v) is 11.5. The molecule has 3 nitrogen and oxygen atoms in total. The van der Waals surface area contributed by atoms with Crippen LogP contribution in [-0.2, 0) is 0 Å². The maximum absolute atomic E-state index is 9.87. The van der Waals surface area contributed by atoms with Crippen molar-refractivity contribution in [1.82, 2.24) is 0 Å². The van der Waals surface area contributed by atoms with Crippen molar-refractivity contribution in [3.8, 4) is 17.2 Å². The Morgan fingerprint density at radius 2 is 1.63 bits per heavy atom. The fourth-order valence-corrected chi connectivity index (χ4v) is 2.02. The molecule has 0 aliphatic rings. The molecule has 0 spiro atoms. The van der Waals surface area contributed by atoms with Crippen molar-refractivity contribution >= 4 is 11.6 Å². The van der Waals surface area contributed by atoms with Crippen molar-refractivity contribution in [2.45, 2.75) is 13.0 Å². The minimum atomic E-state index is -0.700. The van der Waals surface area contributed by atoms with Crippen LogP contribution in [-0.4, -0.2) is 12.2 Å². The third-order valence-corrected chi connectivity index (χ3v) is 3.03. The van der Waals surface area contributed by atoms with E-state index in [1.807, 2.05) is 12.1 Å². The first-order valence-corrected chi connectivity index (χ1v) is 6.28. The smallest absolute Gasteiger partial charge is 0.146 e. The summed E-state index contributed by atoms with van der Waals surface area (Å²) in [7, 11) is 1.56. The van der Waals surface area contributed by atoms with Crippen molar-refractivity contribution in [2.24, 2.45) is 0 Å². The first-order valence-electron chi connectivity index (χ1n) is 5.91. The summed E-state index contributed by atoms with van der Waals surface area (Å²) in [6.45, 7) is 1.66. The number of benzene rings is 2. The molecule has 0 aliphatic heterocycles. The molecule has 0 radical (unpaired) electrons. The zero-order chi connectivity index (χ0) is 13.8. The van der Waals surface area contributed by atoms with Crippen LogP contribution < -0.4 is 9.47 Å². The zero-order valence-electron chi connectivity index (χ0n) is 10.8. The van der Waals surface area contributed by atoms with Gasteiger partial charge in [0.15, 0.2) is 0 Å². The van der Waals surface area contributed by atoms with Gasteiger partial charge >= 0.3 is 0 Å². The molecule has 1 atom stereocenters. The molecule has 19 heavy (non-hydrogen) atoms. The van der Waals surface area contributed by atoms with Crippen LogP contribution in [0.4, 0.5) is 0 Å². The average Bonchev–Trinajstić information content (AvgIpc) is 2.40. The van der Waals surface area contributed by atoms with Gasteiger partial charge in [-0.1, -0.05) is 29.8 Å². The van der Waals surface area contributed by atoms with Gasteiger partial charge in [0.25, 0.3) is 0 Å². The van der Waals surface area contributed by atoms with E-state index in [0.29, 0.717) is 27.8 Å². The van der Waals surface area contributed by atoms with Crippen LogP contribution in [0.2, 0.25) is 5.02 Å². The molecule has 0 bridgehead atoms. The minimum Gasteiger partial charge on any atom is -0.496 e. The molecule has 0 saturated carbocycles. The maximum Gasteiger partial charge on any atom is 0.146 e. The Balaban J connectivity index is 2.43. The summed E-state index contributed by atoms with van der Waals surface area (Å²) in [6.07, 6.45) is -0.700. The first-order chi connectivity index (χ1) is 9.13. The molecule has 0 aromatic heterocycles. The first kappa shape index (κ1) is 13.7. The van der Waals surface area contributed by atoms with Crippen LogP contribution in [0, 0.1) is 0 Å². The summed E-state index contributed by atoms with van der Waals surface area (Å²) in [5, 5.41) is 10.4. The van der Waals surface area contributed by atoms with Crippen molar-refractivity contribution < 1.29 is 14.6 Å². The van der Waals surface area contributed by atoms with E-state index in [4.69, 9.17) is 21.1 Å². The summed E-state index contributed by atoms with van der Waals surface area (Å²) in [6, 6.07) is 12.5. The molecule has 0 fully saturated rings. The van der Waals surface area contributed by atoms with E-state index < -0.39 is 6.10 Å². The summed E-state index contributed by atoms with van der Waals surface area (Å²) in [5.41, 5.74) is 0.602. The van der Waals surface area contributed by atoms with E-state index in [0.717, 1.165) is 0 Å². The number of aliphatic hydroxyl groups excluding tert-OH is 1. The molecule has 0 unspecified atom stereocenters. The molecule has 0 heterocycles. The molecule has 0 aliphatic carbocycles. The van der Waals surface area contributed by atoms with Crippen LogP contribution in [0.3, 0.4) is 0 Å². The number of methoxy groups -OCH3 is 1. The van der Waals surface area contributed by atoms with Crippen molar-refractivity contribution in [1.29, 1.82) is 0 Å². The van der Waals surface area contributed by atoms with E-state index >= 15 is 0 Å². The molecule has 2 rings (SSSR count). The van der Waals surface area contributed by atoms with Crippen LogP contribution in [0.15, 0.2) is 42.5 Å². The molecule has 100 valence electrons. The Morgan fingerprint density at radius 1 is 1.00 bits per heavy atom. The van der Waals surface area contributed by atoms with Gasteiger partial charge in [-0.2, -0.15) is 0 Å². The second-order valence-electron chi connectivity index (χ2n) is 4.08. The molecular formula is C15H15ClO3. The molecule has 1 N–H and O–H groups in total. The van der Waals surface area contributed by atoms with Crippen molar-refractivity contribution in [3.05, 3.63) is 53.1 Å². The van der Waals surface area contributed by atoms with E-state index in [9.17, 15) is 5.11 Å². The summed E-state index contributed by atoms with van der Waals surface area (Å²) in [4.78, 5) is 0. The Hall–Kier alpha value is -1.71. The van der Waals surface area contributed by atoms with Crippen molar-refractivity contribution in [2.75, 3.05) is 7.11 Å². The van der Waals surface area contributed by atoms with E-state index in [1.165, 1.54) is 0 Å². The maximum atomic E-state index is 9.87. The largest absolute Gasteiger partial charge is 0.496 e. The summed E-state index contributed by atoms with van der Waals surface area (Å²) < 4.78 is 11.0. The predicted molar refractivity (Wildman–Crippen MR) is 75.2 cm³/mol. The molecule has 2 aromatic rings. The Kier molecular flexibility index (Phi) is 4.30. The van der Waals surface area contributed by atoms with Gasteiger partial charge in [0.1, 0.15) is 17.2 Å². The lowest BCUT2D eigenvalue weighted by Crippen LogP contribution is -2.00. The van der Waals surface area contributed by atoms with Gasteiger partial charge in [-0.15, -0.1) is 0 Å². The van der Waals surface area contributed by atoms with Gasteiger partial charge in [0.2, 0.25) is 0 Å². The molecule has 2 aromatic carbocycles. The SMILES string of the molecule is COc1cccc(Oc2ccccc2Cl)c1[C@@H](C)O. The Morgan fingerprint density at radius 3 is 2.26 bits per heavy atom. The monoisotopic (exact) mass is 278 g/mol.